The third-order valence-corrected chi connectivity index (χ3v) is 4.34. The molecule has 1 aliphatic heterocycles. The lowest BCUT2D eigenvalue weighted by Gasteiger charge is -2.33. The molecular formula is C18H14ClNO4. The van der Waals surface area contributed by atoms with Crippen molar-refractivity contribution in [2.75, 3.05) is 6.54 Å². The van der Waals surface area contributed by atoms with Crippen LogP contribution in [0.1, 0.15) is 17.0 Å². The predicted octanol–water partition coefficient (Wildman–Crippen LogP) is 3.71. The number of carbonyl (C=O) groups excluding carboxylic acids is 1. The van der Waals surface area contributed by atoms with Gasteiger partial charge in [0.25, 0.3) is 0 Å². The maximum Gasteiger partial charge on any atom is 0.331 e. The zero-order valence-corrected chi connectivity index (χ0v) is 13.3. The number of hydrogen-bond acceptors (Lipinski definition) is 4. The second kappa shape index (κ2) is 6.45. The average Bonchev–Trinajstić information content (AvgIpc) is 2.97. The van der Waals surface area contributed by atoms with Gasteiger partial charge in [0, 0.05) is 21.6 Å². The monoisotopic (exact) mass is 343 g/mol. The smallest absolute Gasteiger partial charge is 0.331 e. The van der Waals surface area contributed by atoms with Gasteiger partial charge in [-0.1, -0.05) is 54.1 Å². The number of ether oxygens (including phenoxy) is 1. The minimum atomic E-state index is -1.23. The maximum absolute atomic E-state index is 11.8. The van der Waals surface area contributed by atoms with Crippen molar-refractivity contribution in [3.05, 3.63) is 93.0 Å². The Hall–Kier alpha value is -2.66. The Morgan fingerprint density at radius 3 is 2.33 bits per heavy atom. The van der Waals surface area contributed by atoms with Gasteiger partial charge in [0.1, 0.15) is 0 Å². The first kappa shape index (κ1) is 16.2. The molecule has 0 radical (unpaired) electrons. The van der Waals surface area contributed by atoms with Crippen molar-refractivity contribution < 1.29 is 14.5 Å². The number of carbonyl (C=O) groups is 1. The Morgan fingerprint density at radius 2 is 1.79 bits per heavy atom. The summed E-state index contributed by atoms with van der Waals surface area (Å²) >= 11 is 5.94. The molecule has 0 aromatic heterocycles. The minimum absolute atomic E-state index is 0.371. The van der Waals surface area contributed by atoms with Crippen LogP contribution in [0.25, 0.3) is 0 Å². The number of esters is 1. The van der Waals surface area contributed by atoms with Gasteiger partial charge in [-0.3, -0.25) is 10.1 Å². The molecule has 122 valence electrons. The summed E-state index contributed by atoms with van der Waals surface area (Å²) in [5.41, 5.74) is 0.143. The van der Waals surface area contributed by atoms with Crippen molar-refractivity contribution in [3.8, 4) is 0 Å². The molecule has 0 bridgehead atoms. The lowest BCUT2D eigenvalue weighted by Crippen LogP contribution is -2.37. The summed E-state index contributed by atoms with van der Waals surface area (Å²) in [5.74, 6) is -1.17. The standard InChI is InChI=1S/C18H14ClNO4/c19-15-8-6-14(7-9-15)18(11-10-17(21)24-18)16(12-20(22)23)13-4-2-1-3-5-13/h1-11,16H,12H2/t16-,18-/m1/s1. The highest BCUT2D eigenvalue weighted by Crippen LogP contribution is 2.44. The predicted molar refractivity (Wildman–Crippen MR) is 89.4 cm³/mol. The van der Waals surface area contributed by atoms with E-state index in [0.29, 0.717) is 10.6 Å². The molecule has 24 heavy (non-hydrogen) atoms. The molecular weight excluding hydrogens is 330 g/mol. The summed E-state index contributed by atoms with van der Waals surface area (Å²) in [6.45, 7) is -0.371. The van der Waals surface area contributed by atoms with E-state index in [4.69, 9.17) is 16.3 Å². The van der Waals surface area contributed by atoms with Crippen LogP contribution >= 0.6 is 11.6 Å². The van der Waals surface area contributed by atoms with E-state index < -0.39 is 22.4 Å². The second-order valence-corrected chi connectivity index (χ2v) is 5.97. The second-order valence-electron chi connectivity index (χ2n) is 5.53. The number of benzene rings is 2. The molecule has 1 aliphatic rings. The lowest BCUT2D eigenvalue weighted by molar-refractivity contribution is -0.486. The molecule has 2 aromatic carbocycles. The van der Waals surface area contributed by atoms with Crippen molar-refractivity contribution in [3.63, 3.8) is 0 Å². The molecule has 0 saturated carbocycles. The van der Waals surface area contributed by atoms with Gasteiger partial charge >= 0.3 is 5.97 Å². The summed E-state index contributed by atoms with van der Waals surface area (Å²) in [6.07, 6.45) is 2.91. The van der Waals surface area contributed by atoms with Crippen LogP contribution in [0.5, 0.6) is 0 Å². The third-order valence-electron chi connectivity index (χ3n) is 4.08. The molecule has 5 nitrogen and oxygen atoms in total. The van der Waals surface area contributed by atoms with E-state index in [9.17, 15) is 14.9 Å². The first-order valence-electron chi connectivity index (χ1n) is 7.36. The van der Waals surface area contributed by atoms with Gasteiger partial charge in [-0.05, 0) is 23.8 Å². The first-order chi connectivity index (χ1) is 11.5. The average molecular weight is 344 g/mol. The zero-order valence-electron chi connectivity index (χ0n) is 12.6. The number of nitro groups is 1. The van der Waals surface area contributed by atoms with Crippen molar-refractivity contribution in [2.45, 2.75) is 11.5 Å². The van der Waals surface area contributed by atoms with Gasteiger partial charge in [0.15, 0.2) is 5.60 Å². The molecule has 1 heterocycles. The Bertz CT molecular complexity index is 788. The molecule has 0 spiro atoms. The summed E-state index contributed by atoms with van der Waals surface area (Å²) in [6, 6.07) is 15.8. The van der Waals surface area contributed by atoms with Crippen LogP contribution in [0.4, 0.5) is 0 Å². The lowest BCUT2D eigenvalue weighted by atomic mass is 9.77. The van der Waals surface area contributed by atoms with Crippen LogP contribution in [0.3, 0.4) is 0 Å². The van der Waals surface area contributed by atoms with Crippen molar-refractivity contribution in [1.82, 2.24) is 0 Å². The van der Waals surface area contributed by atoms with Gasteiger partial charge in [-0.2, -0.15) is 0 Å². The Labute approximate surface area is 143 Å². The van der Waals surface area contributed by atoms with E-state index in [1.807, 2.05) is 6.07 Å². The number of hydrogen-bond donors (Lipinski definition) is 0. The van der Waals surface area contributed by atoms with Gasteiger partial charge in [0.05, 0.1) is 5.92 Å². The highest BCUT2D eigenvalue weighted by Gasteiger charge is 2.48. The van der Waals surface area contributed by atoms with Crippen LogP contribution in [0.15, 0.2) is 66.7 Å². The summed E-state index contributed by atoms with van der Waals surface area (Å²) in [4.78, 5) is 22.7. The van der Waals surface area contributed by atoms with Crippen molar-refractivity contribution in [1.29, 1.82) is 0 Å². The number of nitrogens with zero attached hydrogens (tertiary/aromatic N) is 1. The van der Waals surface area contributed by atoms with Crippen LogP contribution in [-0.2, 0) is 15.1 Å². The van der Waals surface area contributed by atoms with E-state index in [1.165, 1.54) is 6.08 Å². The Morgan fingerprint density at radius 1 is 1.12 bits per heavy atom. The zero-order chi connectivity index (χ0) is 17.2. The van der Waals surface area contributed by atoms with Crippen LogP contribution < -0.4 is 0 Å². The number of cyclic esters (lactones) is 1. The Kier molecular flexibility index (Phi) is 4.36. The molecule has 6 heteroatoms. The van der Waals surface area contributed by atoms with Crippen molar-refractivity contribution >= 4 is 17.6 Å². The molecule has 0 fully saturated rings. The van der Waals surface area contributed by atoms with Crippen LogP contribution in [0, 0.1) is 10.1 Å². The van der Waals surface area contributed by atoms with Crippen molar-refractivity contribution in [2.24, 2.45) is 0 Å². The molecule has 0 saturated heterocycles. The minimum Gasteiger partial charge on any atom is -0.446 e. The van der Waals surface area contributed by atoms with Gasteiger partial charge in [-0.15, -0.1) is 0 Å². The highest BCUT2D eigenvalue weighted by molar-refractivity contribution is 6.30. The van der Waals surface area contributed by atoms with Crippen LogP contribution in [-0.4, -0.2) is 17.4 Å². The fourth-order valence-corrected chi connectivity index (χ4v) is 3.13. The third kappa shape index (κ3) is 3.03. The van der Waals surface area contributed by atoms with E-state index in [0.717, 1.165) is 5.56 Å². The molecule has 0 amide bonds. The first-order valence-corrected chi connectivity index (χ1v) is 7.74. The SMILES string of the molecule is O=C1C=C[C@@](c2ccc(Cl)cc2)([C@H](C[N+](=O)[O-])c2ccccc2)O1. The number of rotatable bonds is 5. The maximum atomic E-state index is 11.8. The fraction of sp³-hybridized carbons (Fsp3) is 0.167. The van der Waals surface area contributed by atoms with Crippen LogP contribution in [0.2, 0.25) is 5.02 Å². The van der Waals surface area contributed by atoms with Gasteiger partial charge in [0.2, 0.25) is 6.54 Å². The van der Waals surface area contributed by atoms with E-state index >= 15 is 0 Å². The molecule has 2 aromatic rings. The summed E-state index contributed by atoms with van der Waals surface area (Å²) in [7, 11) is 0. The van der Waals surface area contributed by atoms with Gasteiger partial charge < -0.3 is 4.74 Å². The molecule has 0 aliphatic carbocycles. The molecule has 3 rings (SSSR count). The van der Waals surface area contributed by atoms with E-state index in [-0.39, 0.29) is 6.54 Å². The summed E-state index contributed by atoms with van der Waals surface area (Å²) in [5, 5.41) is 11.8. The quantitative estimate of drug-likeness (QED) is 0.471. The molecule has 0 unspecified atom stereocenters. The Balaban J connectivity index is 2.15. The largest absolute Gasteiger partial charge is 0.446 e. The van der Waals surface area contributed by atoms with Gasteiger partial charge in [-0.25, -0.2) is 4.79 Å². The van der Waals surface area contributed by atoms with E-state index in [2.05, 4.69) is 0 Å². The topological polar surface area (TPSA) is 69.4 Å². The molecule has 0 N–H and O–H groups in total. The molecule has 2 atom stereocenters. The highest BCUT2D eigenvalue weighted by atomic mass is 35.5. The normalized spacial score (nSPS) is 20.6. The van der Waals surface area contributed by atoms with E-state index in [1.54, 1.807) is 54.6 Å². The summed E-state index contributed by atoms with van der Waals surface area (Å²) < 4.78 is 5.59. The number of halogens is 1. The fourth-order valence-electron chi connectivity index (χ4n) is 3.00.